The Kier molecular flexibility index (Phi) is 60.0. The normalized spacial score (nSPS) is 13.0. The summed E-state index contributed by atoms with van der Waals surface area (Å²) in [7, 11) is 0. The quantitative estimate of drug-likeness (QED) is 0.0320. The number of hydrogen-bond acceptors (Lipinski definition) is 5. The van der Waals surface area contributed by atoms with Gasteiger partial charge in [-0.1, -0.05) is 280 Å². The molecule has 0 aromatic rings. The molecule has 0 saturated carbocycles. The van der Waals surface area contributed by atoms with Gasteiger partial charge < -0.3 is 20.3 Å². The number of amides is 1. The smallest absolute Gasteiger partial charge is 0.305 e. The highest BCUT2D eigenvalue weighted by molar-refractivity contribution is 5.76. The second-order valence-electron chi connectivity index (χ2n) is 21.7. The highest BCUT2D eigenvalue weighted by Gasteiger charge is 2.18. The minimum absolute atomic E-state index is 0.000705. The molecule has 0 rings (SSSR count). The molecule has 0 aromatic carbocycles. The van der Waals surface area contributed by atoms with Crippen LogP contribution in [0.3, 0.4) is 0 Å². The van der Waals surface area contributed by atoms with Gasteiger partial charge in [0, 0.05) is 12.8 Å². The van der Waals surface area contributed by atoms with Crippen LogP contribution < -0.4 is 5.32 Å². The second-order valence-corrected chi connectivity index (χ2v) is 21.7. The van der Waals surface area contributed by atoms with Crippen LogP contribution in [-0.2, 0) is 14.3 Å². The summed E-state index contributed by atoms with van der Waals surface area (Å²) in [5.41, 5.74) is 0. The number of ether oxygens (including phenoxy) is 1. The molecule has 426 valence electrons. The zero-order valence-electron chi connectivity index (χ0n) is 48.6. The monoisotopic (exact) mass is 1020 g/mol. The van der Waals surface area contributed by atoms with E-state index >= 15 is 0 Å². The van der Waals surface area contributed by atoms with Crippen molar-refractivity contribution in [1.29, 1.82) is 0 Å². The van der Waals surface area contributed by atoms with Crippen LogP contribution in [0.1, 0.15) is 328 Å². The van der Waals surface area contributed by atoms with Crippen LogP contribution in [0.15, 0.2) is 60.8 Å². The Balaban J connectivity index is 3.45. The van der Waals surface area contributed by atoms with E-state index in [0.717, 1.165) is 57.8 Å². The van der Waals surface area contributed by atoms with E-state index in [1.807, 2.05) is 6.08 Å². The first-order valence-corrected chi connectivity index (χ1v) is 32.1. The SMILES string of the molecule is CCCCCC/C=C\C/C=C\CCCCCCCCCC(=O)OCCCCCCCCCCC/C=C\C/C=C\CCCCCCCCCCCC(=O)NC(CO)C(O)/C=C/CCCCCCCCCCCCC. The molecule has 0 aliphatic heterocycles. The van der Waals surface area contributed by atoms with Crippen molar-refractivity contribution in [2.24, 2.45) is 0 Å². The van der Waals surface area contributed by atoms with Gasteiger partial charge in [0.1, 0.15) is 0 Å². The fraction of sp³-hybridized carbons (Fsp3) is 0.821. The third kappa shape index (κ3) is 58.7. The maximum Gasteiger partial charge on any atom is 0.305 e. The first-order valence-electron chi connectivity index (χ1n) is 32.1. The van der Waals surface area contributed by atoms with E-state index in [9.17, 15) is 19.8 Å². The summed E-state index contributed by atoms with van der Waals surface area (Å²) in [4.78, 5) is 24.5. The fourth-order valence-electron chi connectivity index (χ4n) is 9.58. The number of aliphatic hydroxyl groups is 2. The number of carbonyl (C=O) groups is 2. The van der Waals surface area contributed by atoms with Gasteiger partial charge >= 0.3 is 5.97 Å². The van der Waals surface area contributed by atoms with Crippen LogP contribution >= 0.6 is 0 Å². The van der Waals surface area contributed by atoms with Crippen molar-refractivity contribution >= 4 is 11.9 Å². The number of hydrogen-bond donors (Lipinski definition) is 3. The number of allylic oxidation sites excluding steroid dienone is 9. The Hall–Kier alpha value is -2.44. The van der Waals surface area contributed by atoms with Crippen molar-refractivity contribution in [3.05, 3.63) is 60.8 Å². The van der Waals surface area contributed by atoms with Crippen LogP contribution in [0.4, 0.5) is 0 Å². The number of unbranched alkanes of at least 4 members (excludes halogenated alkanes) is 40. The molecule has 0 spiro atoms. The zero-order chi connectivity index (χ0) is 52.9. The van der Waals surface area contributed by atoms with Gasteiger partial charge in [0.05, 0.1) is 25.4 Å². The highest BCUT2D eigenvalue weighted by Crippen LogP contribution is 2.16. The molecule has 0 saturated heterocycles. The molecule has 6 nitrogen and oxygen atoms in total. The summed E-state index contributed by atoms with van der Waals surface area (Å²) in [6.45, 7) is 4.88. The van der Waals surface area contributed by atoms with E-state index in [1.54, 1.807) is 6.08 Å². The van der Waals surface area contributed by atoms with Crippen molar-refractivity contribution in [3.8, 4) is 0 Å². The lowest BCUT2D eigenvalue weighted by molar-refractivity contribution is -0.143. The third-order valence-electron chi connectivity index (χ3n) is 14.5. The number of carbonyl (C=O) groups excluding carboxylic acids is 2. The Morgan fingerprint density at radius 3 is 1.05 bits per heavy atom. The van der Waals surface area contributed by atoms with Crippen molar-refractivity contribution in [1.82, 2.24) is 5.32 Å². The minimum Gasteiger partial charge on any atom is -0.466 e. The van der Waals surface area contributed by atoms with Crippen molar-refractivity contribution < 1.29 is 24.5 Å². The number of aliphatic hydroxyl groups excluding tert-OH is 2. The summed E-state index contributed by atoms with van der Waals surface area (Å²) in [6.07, 6.45) is 81.2. The second kappa shape index (κ2) is 62.1. The van der Waals surface area contributed by atoms with E-state index in [0.29, 0.717) is 19.4 Å². The summed E-state index contributed by atoms with van der Waals surface area (Å²) in [6, 6.07) is -0.633. The Morgan fingerprint density at radius 2 is 0.685 bits per heavy atom. The van der Waals surface area contributed by atoms with E-state index in [1.165, 1.54) is 244 Å². The molecule has 1 amide bonds. The van der Waals surface area contributed by atoms with E-state index in [2.05, 4.69) is 67.8 Å². The standard InChI is InChI=1S/C67H123NO5/c1-3-5-7-9-11-13-15-17-18-19-30-33-37-41-45-49-53-57-61-67(72)73-62-58-54-50-46-42-38-34-31-28-26-24-22-20-21-23-25-27-29-32-36-40-44-48-52-56-60-66(71)68-64(63-69)65(70)59-55-51-47-43-39-35-16-14-12-10-8-6-4-2/h13,15,18-19,21-24,55,59,64-65,69-70H,3-12,14,16-17,20,25-54,56-58,60-63H2,1-2H3,(H,68,71)/b15-13-,19-18-,23-21-,24-22-,59-55+. The predicted molar refractivity (Wildman–Crippen MR) is 319 cm³/mol. The van der Waals surface area contributed by atoms with Crippen LogP contribution in [0, 0.1) is 0 Å². The molecule has 3 N–H and O–H groups in total. The van der Waals surface area contributed by atoms with Gasteiger partial charge in [0.2, 0.25) is 5.91 Å². The number of nitrogens with one attached hydrogen (secondary N) is 1. The van der Waals surface area contributed by atoms with Gasteiger partial charge in [-0.15, -0.1) is 0 Å². The summed E-state index contributed by atoms with van der Waals surface area (Å²) in [5.74, 6) is -0.0741. The molecule has 2 unspecified atom stereocenters. The molecule has 0 aliphatic rings. The highest BCUT2D eigenvalue weighted by atomic mass is 16.5. The maximum absolute atomic E-state index is 12.4. The molecule has 2 atom stereocenters. The molecule has 6 heteroatoms. The van der Waals surface area contributed by atoms with Gasteiger partial charge in [0.25, 0.3) is 0 Å². The predicted octanol–water partition coefficient (Wildman–Crippen LogP) is 20.3. The molecular weight excluding hydrogens is 899 g/mol. The number of rotatable bonds is 59. The summed E-state index contributed by atoms with van der Waals surface area (Å²) >= 11 is 0. The van der Waals surface area contributed by atoms with E-state index < -0.39 is 12.1 Å². The lowest BCUT2D eigenvalue weighted by atomic mass is 10.0. The Labute approximate surface area is 454 Å². The molecule has 0 aromatic heterocycles. The molecule has 0 aliphatic carbocycles. The van der Waals surface area contributed by atoms with E-state index in [-0.39, 0.29) is 18.5 Å². The molecule has 0 radical (unpaired) electrons. The van der Waals surface area contributed by atoms with Gasteiger partial charge in [-0.05, 0) is 96.3 Å². The number of esters is 1. The Bertz CT molecular complexity index is 1270. The molecule has 73 heavy (non-hydrogen) atoms. The zero-order valence-corrected chi connectivity index (χ0v) is 48.6. The fourth-order valence-corrected chi connectivity index (χ4v) is 9.58. The van der Waals surface area contributed by atoms with Gasteiger partial charge in [0.15, 0.2) is 0 Å². The van der Waals surface area contributed by atoms with E-state index in [4.69, 9.17) is 4.74 Å². The van der Waals surface area contributed by atoms with Crippen LogP contribution in [0.5, 0.6) is 0 Å². The minimum atomic E-state index is -0.849. The first kappa shape index (κ1) is 70.6. The first-order chi connectivity index (χ1) is 36.0. The van der Waals surface area contributed by atoms with Crippen LogP contribution in [0.25, 0.3) is 0 Å². The average molecular weight is 1020 g/mol. The summed E-state index contributed by atoms with van der Waals surface area (Å²) in [5, 5.41) is 23.1. The summed E-state index contributed by atoms with van der Waals surface area (Å²) < 4.78 is 5.49. The lowest BCUT2D eigenvalue weighted by Crippen LogP contribution is -2.45. The van der Waals surface area contributed by atoms with Crippen molar-refractivity contribution in [2.45, 2.75) is 341 Å². The molecule has 0 fully saturated rings. The topological polar surface area (TPSA) is 95.9 Å². The van der Waals surface area contributed by atoms with Gasteiger partial charge in [-0.3, -0.25) is 9.59 Å². The molecular formula is C67H123NO5. The average Bonchev–Trinajstić information content (AvgIpc) is 3.39. The largest absolute Gasteiger partial charge is 0.466 e. The third-order valence-corrected chi connectivity index (χ3v) is 14.5. The van der Waals surface area contributed by atoms with Gasteiger partial charge in [-0.2, -0.15) is 0 Å². The Morgan fingerprint density at radius 1 is 0.384 bits per heavy atom. The van der Waals surface area contributed by atoms with Crippen LogP contribution in [0.2, 0.25) is 0 Å². The maximum atomic E-state index is 12.4. The lowest BCUT2D eigenvalue weighted by Gasteiger charge is -2.20. The molecule has 0 heterocycles. The molecule has 0 bridgehead atoms. The van der Waals surface area contributed by atoms with Crippen molar-refractivity contribution in [3.63, 3.8) is 0 Å². The van der Waals surface area contributed by atoms with Crippen LogP contribution in [-0.4, -0.2) is 47.4 Å². The van der Waals surface area contributed by atoms with Crippen molar-refractivity contribution in [2.75, 3.05) is 13.2 Å². The van der Waals surface area contributed by atoms with Gasteiger partial charge in [-0.25, -0.2) is 0 Å².